The number of rotatable bonds is 8. The Balaban J connectivity index is 1.25. The van der Waals surface area contributed by atoms with E-state index in [0.717, 1.165) is 36.1 Å². The molecule has 0 unspecified atom stereocenters. The zero-order valence-corrected chi connectivity index (χ0v) is 15.8. The molecule has 1 heterocycles. The van der Waals surface area contributed by atoms with E-state index in [9.17, 15) is 0 Å². The van der Waals surface area contributed by atoms with Crippen molar-refractivity contribution in [3.63, 3.8) is 0 Å². The first kappa shape index (κ1) is 17.7. The summed E-state index contributed by atoms with van der Waals surface area (Å²) >= 11 is 1.70. The molecule has 0 aliphatic rings. The fraction of sp³-hybridized carbons (Fsp3) is 0.190. The number of nitrogens with two attached hydrogens (primary N) is 1. The minimum atomic E-state index is 0.843. The van der Waals surface area contributed by atoms with Crippen LogP contribution in [0.1, 0.15) is 12.0 Å². The smallest absolute Gasteiger partial charge is 0.214 e. The first-order chi connectivity index (χ1) is 13.4. The van der Waals surface area contributed by atoms with Gasteiger partial charge in [-0.3, -0.25) is 0 Å². The molecular formula is C21H22N5S+. The first-order valence-electron chi connectivity index (χ1n) is 9.17. The van der Waals surface area contributed by atoms with Crippen LogP contribution in [0.15, 0.2) is 78.0 Å². The largest absolute Gasteiger partial charge is 0.342 e. The van der Waals surface area contributed by atoms with E-state index in [4.69, 9.17) is 0 Å². The molecule has 0 radical (unpaired) electrons. The number of tetrazole rings is 1. The summed E-state index contributed by atoms with van der Waals surface area (Å²) < 4.78 is 1.80. The fourth-order valence-electron chi connectivity index (χ4n) is 3.12. The minimum Gasteiger partial charge on any atom is -0.342 e. The van der Waals surface area contributed by atoms with Crippen molar-refractivity contribution in [2.24, 2.45) is 0 Å². The number of nitrogens with zero attached hydrogens (tertiary/aromatic N) is 4. The van der Waals surface area contributed by atoms with Gasteiger partial charge in [0.1, 0.15) is 6.54 Å². The molecule has 0 amide bonds. The zero-order valence-electron chi connectivity index (χ0n) is 15.0. The molecule has 5 nitrogen and oxygen atoms in total. The number of fused-ring (bicyclic) bond motifs is 1. The molecule has 0 bridgehead atoms. The molecule has 6 heteroatoms. The van der Waals surface area contributed by atoms with Crippen LogP contribution < -0.4 is 5.32 Å². The standard InChI is InChI=1S/C21H21N5S/c1-2-11-19(12-3-1)26-21(23-24-25-26)27-15-7-14-22-16-18-10-6-9-17-8-4-5-13-20(17)18/h1-6,8-13,22H,7,14-16H2/p+1. The van der Waals surface area contributed by atoms with Crippen LogP contribution in [0, 0.1) is 0 Å². The van der Waals surface area contributed by atoms with Crippen molar-refractivity contribution in [2.75, 3.05) is 12.3 Å². The van der Waals surface area contributed by atoms with Crippen LogP contribution in [0.2, 0.25) is 0 Å². The van der Waals surface area contributed by atoms with E-state index in [0.29, 0.717) is 0 Å². The summed E-state index contributed by atoms with van der Waals surface area (Å²) in [5.41, 5.74) is 2.39. The van der Waals surface area contributed by atoms with E-state index in [1.54, 1.807) is 16.4 Å². The lowest BCUT2D eigenvalue weighted by Crippen LogP contribution is -2.82. The van der Waals surface area contributed by atoms with Gasteiger partial charge in [0, 0.05) is 17.7 Å². The van der Waals surface area contributed by atoms with Gasteiger partial charge in [-0.2, -0.15) is 4.68 Å². The highest BCUT2D eigenvalue weighted by Gasteiger charge is 2.08. The van der Waals surface area contributed by atoms with Crippen molar-refractivity contribution in [1.29, 1.82) is 0 Å². The van der Waals surface area contributed by atoms with E-state index in [1.807, 2.05) is 30.3 Å². The molecule has 0 saturated heterocycles. The van der Waals surface area contributed by atoms with E-state index in [-0.39, 0.29) is 0 Å². The van der Waals surface area contributed by atoms with Gasteiger partial charge in [-0.1, -0.05) is 72.4 Å². The van der Waals surface area contributed by atoms with E-state index in [2.05, 4.69) is 63.3 Å². The van der Waals surface area contributed by atoms with Gasteiger partial charge in [0.15, 0.2) is 0 Å². The first-order valence-corrected chi connectivity index (χ1v) is 10.2. The molecule has 3 aromatic carbocycles. The third-order valence-corrected chi connectivity index (χ3v) is 5.48. The van der Waals surface area contributed by atoms with Gasteiger partial charge in [0.2, 0.25) is 5.16 Å². The summed E-state index contributed by atoms with van der Waals surface area (Å²) in [7, 11) is 0. The third-order valence-electron chi connectivity index (χ3n) is 4.47. The minimum absolute atomic E-state index is 0.843. The topological polar surface area (TPSA) is 60.2 Å². The summed E-state index contributed by atoms with van der Waals surface area (Å²) in [6, 6.07) is 25.1. The Bertz CT molecular complexity index is 994. The van der Waals surface area contributed by atoms with Crippen molar-refractivity contribution >= 4 is 22.5 Å². The number of hydrogen-bond acceptors (Lipinski definition) is 4. The summed E-state index contributed by atoms with van der Waals surface area (Å²) in [5, 5.41) is 17.9. The predicted octanol–water partition coefficient (Wildman–Crippen LogP) is 3.06. The molecule has 0 atom stereocenters. The molecule has 4 aromatic rings. The summed E-state index contributed by atoms with van der Waals surface area (Å²) in [6.45, 7) is 2.09. The summed E-state index contributed by atoms with van der Waals surface area (Å²) in [4.78, 5) is 0. The monoisotopic (exact) mass is 376 g/mol. The Kier molecular flexibility index (Phi) is 5.76. The molecule has 4 rings (SSSR count). The van der Waals surface area contributed by atoms with Crippen LogP contribution in [-0.2, 0) is 6.54 Å². The van der Waals surface area contributed by atoms with Gasteiger partial charge in [-0.15, -0.1) is 5.10 Å². The molecule has 0 aliphatic heterocycles. The van der Waals surface area contributed by atoms with Crippen molar-refractivity contribution < 1.29 is 5.32 Å². The maximum absolute atomic E-state index is 4.15. The van der Waals surface area contributed by atoms with Gasteiger partial charge in [-0.25, -0.2) is 0 Å². The number of aromatic nitrogens is 4. The summed E-state index contributed by atoms with van der Waals surface area (Å²) in [5.74, 6) is 0.999. The van der Waals surface area contributed by atoms with Gasteiger partial charge in [0.05, 0.1) is 12.2 Å². The summed E-state index contributed by atoms with van der Waals surface area (Å²) in [6.07, 6.45) is 1.11. The molecular weight excluding hydrogens is 354 g/mol. The number of benzene rings is 3. The van der Waals surface area contributed by atoms with Gasteiger partial charge in [-0.05, 0) is 33.3 Å². The molecule has 1 aromatic heterocycles. The average molecular weight is 377 g/mol. The van der Waals surface area contributed by atoms with Crippen molar-refractivity contribution in [3.05, 3.63) is 78.4 Å². The highest BCUT2D eigenvalue weighted by molar-refractivity contribution is 7.99. The van der Waals surface area contributed by atoms with E-state index < -0.39 is 0 Å². The van der Waals surface area contributed by atoms with Gasteiger partial charge >= 0.3 is 0 Å². The molecule has 0 saturated carbocycles. The lowest BCUT2D eigenvalue weighted by atomic mass is 10.0. The Morgan fingerprint density at radius 1 is 0.889 bits per heavy atom. The molecule has 27 heavy (non-hydrogen) atoms. The molecule has 0 spiro atoms. The van der Waals surface area contributed by atoms with E-state index in [1.165, 1.54) is 16.3 Å². The van der Waals surface area contributed by atoms with Crippen LogP contribution in [0.25, 0.3) is 16.5 Å². The quantitative estimate of drug-likeness (QED) is 0.379. The fourth-order valence-corrected chi connectivity index (χ4v) is 3.97. The Labute approximate surface area is 162 Å². The van der Waals surface area contributed by atoms with Crippen LogP contribution >= 0.6 is 11.8 Å². The van der Waals surface area contributed by atoms with Gasteiger partial charge in [0.25, 0.3) is 0 Å². The van der Waals surface area contributed by atoms with Crippen molar-refractivity contribution in [1.82, 2.24) is 20.2 Å². The Hall–Kier alpha value is -2.70. The maximum Gasteiger partial charge on any atom is 0.214 e. The van der Waals surface area contributed by atoms with Crippen LogP contribution in [0.5, 0.6) is 0 Å². The second kappa shape index (κ2) is 8.79. The Morgan fingerprint density at radius 3 is 2.63 bits per heavy atom. The molecule has 0 fully saturated rings. The lowest BCUT2D eigenvalue weighted by molar-refractivity contribution is -0.670. The Morgan fingerprint density at radius 2 is 1.70 bits per heavy atom. The zero-order chi connectivity index (χ0) is 18.3. The van der Waals surface area contributed by atoms with Crippen LogP contribution in [0.3, 0.4) is 0 Å². The average Bonchev–Trinajstić information content (AvgIpc) is 3.20. The second-order valence-electron chi connectivity index (χ2n) is 6.33. The second-order valence-corrected chi connectivity index (χ2v) is 7.39. The molecule has 2 N–H and O–H groups in total. The number of quaternary nitrogens is 1. The van der Waals surface area contributed by atoms with Crippen LogP contribution in [0.4, 0.5) is 0 Å². The maximum atomic E-state index is 4.15. The lowest BCUT2D eigenvalue weighted by Gasteiger charge is -2.06. The predicted molar refractivity (Wildman–Crippen MR) is 109 cm³/mol. The molecule has 136 valence electrons. The number of thioether (sulfide) groups is 1. The number of para-hydroxylation sites is 1. The van der Waals surface area contributed by atoms with Gasteiger partial charge < -0.3 is 5.32 Å². The van der Waals surface area contributed by atoms with Crippen molar-refractivity contribution in [2.45, 2.75) is 18.1 Å². The van der Waals surface area contributed by atoms with E-state index >= 15 is 0 Å². The highest BCUT2D eigenvalue weighted by Crippen LogP contribution is 2.19. The van der Waals surface area contributed by atoms with Crippen molar-refractivity contribution in [3.8, 4) is 5.69 Å². The SMILES string of the molecule is c1ccc(-n2nnnc2SCCC[NH2+]Cc2cccc3ccccc23)cc1. The van der Waals surface area contributed by atoms with Crippen LogP contribution in [-0.4, -0.2) is 32.5 Å². The molecule has 0 aliphatic carbocycles. The number of hydrogen-bond donors (Lipinski definition) is 1. The highest BCUT2D eigenvalue weighted by atomic mass is 32.2. The third kappa shape index (κ3) is 4.35. The normalized spacial score (nSPS) is 11.1.